The number of rotatable bonds is 5. The van der Waals surface area contributed by atoms with Crippen molar-refractivity contribution in [1.82, 2.24) is 9.38 Å². The van der Waals surface area contributed by atoms with E-state index in [9.17, 15) is 14.9 Å². The molecule has 0 saturated carbocycles. The smallest absolute Gasteiger partial charge is 0.274 e. The first-order valence-electron chi connectivity index (χ1n) is 9.46. The summed E-state index contributed by atoms with van der Waals surface area (Å²) in [5.74, 6) is 0.739. The Hall–Kier alpha value is -4.04. The van der Waals surface area contributed by atoms with E-state index in [0.29, 0.717) is 27.1 Å². The number of benzene rings is 3. The van der Waals surface area contributed by atoms with Crippen LogP contribution in [-0.4, -0.2) is 14.3 Å². The standard InChI is InChI=1S/C23H15N3O4S/c27-22-21(31-23-24-19-11-8-17(26(28)29)13-20(19)25(22)23)12-15-6-9-18(10-7-15)30-14-16-4-2-1-3-5-16/h1-13H,14H2/b21-12+. The Morgan fingerprint density at radius 3 is 2.58 bits per heavy atom. The van der Waals surface area contributed by atoms with Crippen LogP contribution in [0, 0.1) is 10.1 Å². The Morgan fingerprint density at radius 2 is 1.84 bits per heavy atom. The van der Waals surface area contributed by atoms with E-state index in [1.165, 1.54) is 27.9 Å². The molecule has 152 valence electrons. The Kier molecular flexibility index (Phi) is 4.68. The third-order valence-electron chi connectivity index (χ3n) is 4.86. The van der Waals surface area contributed by atoms with Crippen molar-refractivity contribution in [3.05, 3.63) is 109 Å². The van der Waals surface area contributed by atoms with Gasteiger partial charge in [0.15, 0.2) is 4.96 Å². The van der Waals surface area contributed by atoms with Gasteiger partial charge < -0.3 is 4.74 Å². The molecule has 0 unspecified atom stereocenters. The van der Waals surface area contributed by atoms with E-state index in [-0.39, 0.29) is 11.2 Å². The molecule has 0 radical (unpaired) electrons. The number of hydrogen-bond donors (Lipinski definition) is 0. The monoisotopic (exact) mass is 429 g/mol. The second kappa shape index (κ2) is 7.66. The fourth-order valence-corrected chi connectivity index (χ4v) is 4.30. The van der Waals surface area contributed by atoms with Crippen molar-refractivity contribution in [3.8, 4) is 5.75 Å². The lowest BCUT2D eigenvalue weighted by Gasteiger charge is -2.06. The first-order chi connectivity index (χ1) is 15.1. The molecule has 5 rings (SSSR count). The Balaban J connectivity index is 1.45. The van der Waals surface area contributed by atoms with E-state index in [1.807, 2.05) is 54.6 Å². The highest BCUT2D eigenvalue weighted by Crippen LogP contribution is 2.22. The highest BCUT2D eigenvalue weighted by Gasteiger charge is 2.15. The zero-order valence-corrected chi connectivity index (χ0v) is 16.9. The van der Waals surface area contributed by atoms with Crippen LogP contribution in [-0.2, 0) is 6.61 Å². The molecule has 0 aliphatic rings. The minimum Gasteiger partial charge on any atom is -0.489 e. The maximum absolute atomic E-state index is 12.9. The number of nitro groups is 1. The lowest BCUT2D eigenvalue weighted by molar-refractivity contribution is -0.384. The van der Waals surface area contributed by atoms with Crippen LogP contribution in [0.1, 0.15) is 11.1 Å². The molecule has 0 N–H and O–H groups in total. The van der Waals surface area contributed by atoms with Crippen LogP contribution in [0.3, 0.4) is 0 Å². The number of fused-ring (bicyclic) bond motifs is 3. The average molecular weight is 429 g/mol. The second-order valence-corrected chi connectivity index (χ2v) is 7.93. The average Bonchev–Trinajstić information content (AvgIpc) is 3.29. The van der Waals surface area contributed by atoms with Crippen molar-refractivity contribution < 1.29 is 9.66 Å². The van der Waals surface area contributed by atoms with Crippen LogP contribution in [0.15, 0.2) is 77.6 Å². The van der Waals surface area contributed by atoms with Crippen molar-refractivity contribution >= 4 is 39.1 Å². The van der Waals surface area contributed by atoms with Crippen molar-refractivity contribution in [1.29, 1.82) is 0 Å². The van der Waals surface area contributed by atoms with Gasteiger partial charge >= 0.3 is 0 Å². The lowest BCUT2D eigenvalue weighted by Crippen LogP contribution is -2.22. The predicted molar refractivity (Wildman–Crippen MR) is 120 cm³/mol. The van der Waals surface area contributed by atoms with Gasteiger partial charge in [-0.3, -0.25) is 14.9 Å². The summed E-state index contributed by atoms with van der Waals surface area (Å²) in [5, 5.41) is 11.1. The number of ether oxygens (including phenoxy) is 1. The molecule has 0 aliphatic carbocycles. The number of thiazole rings is 1. The van der Waals surface area contributed by atoms with Gasteiger partial charge in [-0.15, -0.1) is 0 Å². The maximum Gasteiger partial charge on any atom is 0.274 e. The van der Waals surface area contributed by atoms with Crippen LogP contribution in [0.2, 0.25) is 0 Å². The van der Waals surface area contributed by atoms with Crippen LogP contribution >= 0.6 is 11.3 Å². The van der Waals surface area contributed by atoms with Gasteiger partial charge in [0.2, 0.25) is 0 Å². The molecular formula is C23H15N3O4S. The topological polar surface area (TPSA) is 86.7 Å². The third-order valence-corrected chi connectivity index (χ3v) is 5.83. The number of aromatic nitrogens is 2. The van der Waals surface area contributed by atoms with E-state index in [2.05, 4.69) is 4.98 Å². The number of imidazole rings is 1. The molecule has 0 fully saturated rings. The number of hydrogen-bond acceptors (Lipinski definition) is 6. The second-order valence-electron chi connectivity index (χ2n) is 6.92. The molecule has 2 aromatic heterocycles. The van der Waals surface area contributed by atoms with Crippen molar-refractivity contribution in [2.24, 2.45) is 0 Å². The van der Waals surface area contributed by atoms with Crippen molar-refractivity contribution in [2.45, 2.75) is 6.61 Å². The van der Waals surface area contributed by atoms with Gasteiger partial charge in [0.05, 0.1) is 20.5 Å². The number of non-ortho nitro benzene ring substituents is 1. The van der Waals surface area contributed by atoms with Crippen molar-refractivity contribution in [3.63, 3.8) is 0 Å². The Morgan fingerprint density at radius 1 is 1.06 bits per heavy atom. The molecule has 0 bridgehead atoms. The van der Waals surface area contributed by atoms with Crippen LogP contribution in [0.25, 0.3) is 22.1 Å². The van der Waals surface area contributed by atoms with E-state index < -0.39 is 4.92 Å². The summed E-state index contributed by atoms with van der Waals surface area (Å²) < 4.78 is 7.73. The SMILES string of the molecule is O=c1/c(=C\c2ccc(OCc3ccccc3)cc2)sc2nc3ccc([N+](=O)[O-])cc3n12. The van der Waals surface area contributed by atoms with Crippen LogP contribution in [0.5, 0.6) is 5.75 Å². The van der Waals surface area contributed by atoms with Crippen molar-refractivity contribution in [2.75, 3.05) is 0 Å². The summed E-state index contributed by atoms with van der Waals surface area (Å²) in [6, 6.07) is 21.7. The maximum atomic E-state index is 12.9. The van der Waals surface area contributed by atoms with E-state index in [1.54, 1.807) is 12.1 Å². The van der Waals surface area contributed by atoms with Gasteiger partial charge in [-0.25, -0.2) is 9.38 Å². The molecule has 5 aromatic rings. The molecular weight excluding hydrogens is 414 g/mol. The number of nitro benzene ring substituents is 1. The van der Waals surface area contributed by atoms with E-state index in [4.69, 9.17) is 4.74 Å². The summed E-state index contributed by atoms with van der Waals surface area (Å²) in [6.45, 7) is 0.482. The van der Waals surface area contributed by atoms with E-state index in [0.717, 1.165) is 16.9 Å². The lowest BCUT2D eigenvalue weighted by atomic mass is 10.2. The van der Waals surface area contributed by atoms with Gasteiger partial charge in [0.1, 0.15) is 12.4 Å². The normalized spacial score (nSPS) is 11.9. The predicted octanol–water partition coefficient (Wildman–Crippen LogP) is 3.94. The molecule has 0 aliphatic heterocycles. The Bertz CT molecular complexity index is 1520. The molecule has 8 heteroatoms. The quantitative estimate of drug-likeness (QED) is 0.312. The van der Waals surface area contributed by atoms with Crippen LogP contribution in [0.4, 0.5) is 5.69 Å². The molecule has 3 aromatic carbocycles. The summed E-state index contributed by atoms with van der Waals surface area (Å²) in [6.07, 6.45) is 1.78. The largest absolute Gasteiger partial charge is 0.489 e. The first kappa shape index (κ1) is 19.0. The minimum absolute atomic E-state index is 0.0727. The minimum atomic E-state index is -0.482. The van der Waals surface area contributed by atoms with Crippen LogP contribution < -0.4 is 14.8 Å². The zero-order valence-electron chi connectivity index (χ0n) is 16.1. The summed E-state index contributed by atoms with van der Waals surface area (Å²) in [4.78, 5) is 28.4. The number of nitrogens with zero attached hydrogens (tertiary/aromatic N) is 3. The van der Waals surface area contributed by atoms with Gasteiger partial charge in [0, 0.05) is 12.1 Å². The molecule has 0 atom stereocenters. The zero-order chi connectivity index (χ0) is 21.4. The molecule has 0 amide bonds. The highest BCUT2D eigenvalue weighted by atomic mass is 32.1. The molecule has 0 spiro atoms. The molecule has 7 nitrogen and oxygen atoms in total. The molecule has 0 saturated heterocycles. The fraction of sp³-hybridized carbons (Fsp3) is 0.0435. The van der Waals surface area contributed by atoms with Gasteiger partial charge in [-0.1, -0.05) is 53.8 Å². The van der Waals surface area contributed by atoms with Gasteiger partial charge in [-0.05, 0) is 35.4 Å². The molecule has 31 heavy (non-hydrogen) atoms. The summed E-state index contributed by atoms with van der Waals surface area (Å²) >= 11 is 1.25. The van der Waals surface area contributed by atoms with Gasteiger partial charge in [0.25, 0.3) is 11.2 Å². The molecule has 2 heterocycles. The highest BCUT2D eigenvalue weighted by molar-refractivity contribution is 7.15. The fourth-order valence-electron chi connectivity index (χ4n) is 3.32. The van der Waals surface area contributed by atoms with E-state index >= 15 is 0 Å². The summed E-state index contributed by atoms with van der Waals surface area (Å²) in [5.41, 5.74) is 2.62. The summed E-state index contributed by atoms with van der Waals surface area (Å²) in [7, 11) is 0. The first-order valence-corrected chi connectivity index (χ1v) is 10.3. The third kappa shape index (κ3) is 3.64. The Labute approximate surface area is 179 Å². The van der Waals surface area contributed by atoms with Gasteiger partial charge in [-0.2, -0.15) is 0 Å².